The molecule has 0 heterocycles. The lowest BCUT2D eigenvalue weighted by Gasteiger charge is -2.25. The van der Waals surface area contributed by atoms with Crippen LogP contribution in [-0.2, 0) is 9.59 Å². The van der Waals surface area contributed by atoms with Crippen molar-refractivity contribution < 1.29 is 22.8 Å². The third kappa shape index (κ3) is 8.41. The zero-order valence-corrected chi connectivity index (χ0v) is 11.5. The molecule has 1 N–H and O–H groups in total. The van der Waals surface area contributed by atoms with E-state index in [9.17, 15) is 22.8 Å². The number of carbonyl (C=O) groups is 2. The van der Waals surface area contributed by atoms with Gasteiger partial charge in [-0.1, -0.05) is 13.8 Å². The summed E-state index contributed by atoms with van der Waals surface area (Å²) in [4.78, 5) is 24.8. The number of amides is 2. The fourth-order valence-electron chi connectivity index (χ4n) is 1.16. The van der Waals surface area contributed by atoms with Gasteiger partial charge in [0.15, 0.2) is 0 Å². The number of hydrogen-bond donors (Lipinski definition) is 1. The molecule has 2 amide bonds. The van der Waals surface area contributed by atoms with E-state index >= 15 is 0 Å². The van der Waals surface area contributed by atoms with Crippen LogP contribution in [0, 0.1) is 0 Å². The topological polar surface area (TPSA) is 52.7 Å². The van der Waals surface area contributed by atoms with Crippen LogP contribution in [0.2, 0.25) is 0 Å². The van der Waals surface area contributed by atoms with E-state index in [-0.39, 0.29) is 12.6 Å². The Morgan fingerprint density at radius 3 is 2.05 bits per heavy atom. The van der Waals surface area contributed by atoms with Gasteiger partial charge in [-0.05, 0) is 0 Å². The number of hydrogen-bond acceptors (Lipinski definition) is 3. The highest BCUT2D eigenvalue weighted by molar-refractivity contribution is 5.85. The Balaban J connectivity index is 4.66. The molecular formula is C11H20F3N3O2. The summed E-state index contributed by atoms with van der Waals surface area (Å²) in [6.07, 6.45) is -4.53. The zero-order valence-electron chi connectivity index (χ0n) is 11.5. The van der Waals surface area contributed by atoms with Crippen LogP contribution in [0.1, 0.15) is 13.8 Å². The number of nitrogens with zero attached hydrogens (tertiary/aromatic N) is 2. The molecule has 0 saturated heterocycles. The average Bonchev–Trinajstić information content (AvgIpc) is 2.22. The number of halogens is 3. The molecule has 0 aliphatic heterocycles. The van der Waals surface area contributed by atoms with Crippen LogP contribution in [0.4, 0.5) is 13.2 Å². The Labute approximate surface area is 110 Å². The van der Waals surface area contributed by atoms with Gasteiger partial charge >= 0.3 is 6.18 Å². The molecule has 0 radical (unpaired) electrons. The van der Waals surface area contributed by atoms with Crippen LogP contribution in [0.5, 0.6) is 0 Å². The van der Waals surface area contributed by atoms with Crippen LogP contribution in [0.25, 0.3) is 0 Å². The molecule has 112 valence electrons. The van der Waals surface area contributed by atoms with Gasteiger partial charge in [-0.15, -0.1) is 0 Å². The van der Waals surface area contributed by atoms with Crippen LogP contribution < -0.4 is 5.32 Å². The maximum atomic E-state index is 12.4. The molecule has 0 aliphatic rings. The highest BCUT2D eigenvalue weighted by Gasteiger charge is 2.33. The molecular weight excluding hydrogens is 263 g/mol. The van der Waals surface area contributed by atoms with Gasteiger partial charge < -0.3 is 15.1 Å². The van der Waals surface area contributed by atoms with Gasteiger partial charge in [0.05, 0.1) is 6.54 Å². The smallest absolute Gasteiger partial charge is 0.347 e. The summed E-state index contributed by atoms with van der Waals surface area (Å²) in [7, 11) is 2.84. The highest BCUT2D eigenvalue weighted by Crippen LogP contribution is 2.16. The zero-order chi connectivity index (χ0) is 15.2. The van der Waals surface area contributed by atoms with Gasteiger partial charge in [0.25, 0.3) is 0 Å². The Hall–Kier alpha value is -1.31. The predicted octanol–water partition coefficient (Wildman–Crippen LogP) is 0.463. The van der Waals surface area contributed by atoms with E-state index in [1.807, 2.05) is 0 Å². The van der Waals surface area contributed by atoms with Crippen LogP contribution >= 0.6 is 0 Å². The van der Waals surface area contributed by atoms with Gasteiger partial charge in [-0.25, -0.2) is 0 Å². The summed E-state index contributed by atoms with van der Waals surface area (Å²) >= 11 is 0. The second-order valence-corrected chi connectivity index (χ2v) is 4.69. The van der Waals surface area contributed by atoms with Crippen LogP contribution in [-0.4, -0.2) is 67.6 Å². The quantitative estimate of drug-likeness (QED) is 0.770. The number of alkyl halides is 3. The molecule has 0 unspecified atom stereocenters. The summed E-state index contributed by atoms with van der Waals surface area (Å²) in [5, 5.41) is 2.73. The fraction of sp³-hybridized carbons (Fsp3) is 0.818. The summed E-state index contributed by atoms with van der Waals surface area (Å²) in [5.41, 5.74) is 0. The SMILES string of the molecule is CC(C)NCC(=O)N(CC(=O)N(C)C)CC(F)(F)F. The van der Waals surface area contributed by atoms with Crippen molar-refractivity contribution in [3.8, 4) is 0 Å². The Morgan fingerprint density at radius 2 is 1.68 bits per heavy atom. The summed E-state index contributed by atoms with van der Waals surface area (Å²) < 4.78 is 37.1. The van der Waals surface area contributed by atoms with E-state index in [1.165, 1.54) is 14.1 Å². The van der Waals surface area contributed by atoms with Crippen molar-refractivity contribution in [3.05, 3.63) is 0 Å². The molecule has 0 aromatic carbocycles. The molecule has 8 heteroatoms. The van der Waals surface area contributed by atoms with Crippen molar-refractivity contribution in [1.29, 1.82) is 0 Å². The molecule has 19 heavy (non-hydrogen) atoms. The number of carbonyl (C=O) groups excluding carboxylic acids is 2. The van der Waals surface area contributed by atoms with Crippen molar-refractivity contribution in [1.82, 2.24) is 15.1 Å². The van der Waals surface area contributed by atoms with Crippen molar-refractivity contribution in [2.45, 2.75) is 26.1 Å². The Morgan fingerprint density at radius 1 is 1.16 bits per heavy atom. The molecule has 0 fully saturated rings. The predicted molar refractivity (Wildman–Crippen MR) is 64.5 cm³/mol. The molecule has 0 aromatic heterocycles. The lowest BCUT2D eigenvalue weighted by atomic mass is 10.3. The second kappa shape index (κ2) is 7.32. The fourth-order valence-corrected chi connectivity index (χ4v) is 1.16. The van der Waals surface area contributed by atoms with Crippen molar-refractivity contribution in [2.75, 3.05) is 33.7 Å². The largest absolute Gasteiger partial charge is 0.406 e. The minimum absolute atomic E-state index is 0.0266. The minimum atomic E-state index is -4.53. The summed E-state index contributed by atoms with van der Waals surface area (Å²) in [5.74, 6) is -1.30. The number of likely N-dealkylation sites (N-methyl/N-ethyl adjacent to an activating group) is 1. The molecule has 0 aromatic rings. The maximum absolute atomic E-state index is 12.4. The third-order valence-electron chi connectivity index (χ3n) is 2.21. The summed E-state index contributed by atoms with van der Waals surface area (Å²) in [6.45, 7) is 1.31. The average molecular weight is 283 g/mol. The molecule has 5 nitrogen and oxygen atoms in total. The molecule has 0 saturated carbocycles. The second-order valence-electron chi connectivity index (χ2n) is 4.69. The highest BCUT2D eigenvalue weighted by atomic mass is 19.4. The molecule has 0 bridgehead atoms. The van der Waals surface area contributed by atoms with Gasteiger partial charge in [-0.2, -0.15) is 13.2 Å². The Bertz CT molecular complexity index is 317. The van der Waals surface area contributed by atoms with Crippen LogP contribution in [0.3, 0.4) is 0 Å². The van der Waals surface area contributed by atoms with E-state index in [2.05, 4.69) is 5.32 Å². The molecule has 0 rings (SSSR count). The minimum Gasteiger partial charge on any atom is -0.347 e. The van der Waals surface area contributed by atoms with Crippen LogP contribution in [0.15, 0.2) is 0 Å². The van der Waals surface area contributed by atoms with E-state index in [0.29, 0.717) is 4.90 Å². The van der Waals surface area contributed by atoms with E-state index in [1.54, 1.807) is 13.8 Å². The van der Waals surface area contributed by atoms with E-state index < -0.39 is 31.1 Å². The first-order valence-corrected chi connectivity index (χ1v) is 5.81. The molecule has 0 aliphatic carbocycles. The first kappa shape index (κ1) is 17.7. The summed E-state index contributed by atoms with van der Waals surface area (Å²) in [6, 6.07) is -0.0266. The van der Waals surface area contributed by atoms with E-state index in [4.69, 9.17) is 0 Å². The van der Waals surface area contributed by atoms with Gasteiger partial charge in [0, 0.05) is 20.1 Å². The maximum Gasteiger partial charge on any atom is 0.406 e. The third-order valence-corrected chi connectivity index (χ3v) is 2.21. The van der Waals surface area contributed by atoms with E-state index in [0.717, 1.165) is 4.90 Å². The van der Waals surface area contributed by atoms with Gasteiger partial charge in [-0.3, -0.25) is 9.59 Å². The lowest BCUT2D eigenvalue weighted by molar-refractivity contribution is -0.163. The van der Waals surface area contributed by atoms with Gasteiger partial charge in [0.1, 0.15) is 13.1 Å². The monoisotopic (exact) mass is 283 g/mol. The van der Waals surface area contributed by atoms with Crippen molar-refractivity contribution in [3.63, 3.8) is 0 Å². The molecule has 0 spiro atoms. The normalized spacial score (nSPS) is 11.6. The number of rotatable bonds is 6. The lowest BCUT2D eigenvalue weighted by Crippen LogP contribution is -2.48. The molecule has 0 atom stereocenters. The number of nitrogens with one attached hydrogen (secondary N) is 1. The van der Waals surface area contributed by atoms with Gasteiger partial charge in [0.2, 0.25) is 11.8 Å². The standard InChI is InChI=1S/C11H20F3N3O2/c1-8(2)15-5-9(18)17(7-11(12,13)14)6-10(19)16(3)4/h8,15H,5-7H2,1-4H3. The first-order chi connectivity index (χ1) is 8.53. The first-order valence-electron chi connectivity index (χ1n) is 5.81. The Kier molecular flexibility index (Phi) is 6.82. The van der Waals surface area contributed by atoms with Crippen molar-refractivity contribution >= 4 is 11.8 Å². The van der Waals surface area contributed by atoms with Crippen molar-refractivity contribution in [2.24, 2.45) is 0 Å².